The molecule has 1 saturated heterocycles. The van der Waals surface area contributed by atoms with E-state index in [1.54, 1.807) is 20.8 Å². The maximum absolute atomic E-state index is 13.8. The summed E-state index contributed by atoms with van der Waals surface area (Å²) >= 11 is 0. The molecule has 1 N–H and O–H groups in total. The van der Waals surface area contributed by atoms with Crippen LogP contribution < -0.4 is 5.32 Å². The monoisotopic (exact) mass is 530 g/mol. The molecule has 1 aliphatic carbocycles. The Bertz CT molecular complexity index is 1370. The number of carbonyl (C=O) groups excluding carboxylic acids is 3. The minimum absolute atomic E-state index is 0.0603. The number of nitrogens with zero attached hydrogens (tertiary/aromatic N) is 1. The van der Waals surface area contributed by atoms with Gasteiger partial charge >= 0.3 is 12.2 Å². The number of hydrogen-bond donors (Lipinski definition) is 1. The zero-order chi connectivity index (χ0) is 27.7. The van der Waals surface area contributed by atoms with Crippen LogP contribution in [0.1, 0.15) is 54.6 Å². The molecule has 3 aromatic rings. The van der Waals surface area contributed by atoms with Crippen molar-refractivity contribution in [1.82, 2.24) is 10.2 Å². The van der Waals surface area contributed by atoms with Crippen molar-refractivity contribution in [3.05, 3.63) is 95.3 Å². The summed E-state index contributed by atoms with van der Waals surface area (Å²) in [5.41, 5.74) is 3.83. The zero-order valence-electron chi connectivity index (χ0n) is 22.1. The number of rotatable bonds is 5. The highest BCUT2D eigenvalue weighted by atomic mass is 19.1. The summed E-state index contributed by atoms with van der Waals surface area (Å²) in [5.74, 6) is -1.06. The van der Waals surface area contributed by atoms with Gasteiger partial charge in [-0.25, -0.2) is 14.0 Å². The number of nitrogens with one attached hydrogen (secondary N) is 1. The summed E-state index contributed by atoms with van der Waals surface area (Å²) in [4.78, 5) is 40.4. The average molecular weight is 531 g/mol. The van der Waals surface area contributed by atoms with Crippen LogP contribution in [0.3, 0.4) is 0 Å². The van der Waals surface area contributed by atoms with Gasteiger partial charge in [0.2, 0.25) is 0 Å². The number of alkyl carbamates (subject to hydrolysis) is 1. The highest BCUT2D eigenvalue weighted by Crippen LogP contribution is 2.44. The molecule has 2 amide bonds. The summed E-state index contributed by atoms with van der Waals surface area (Å²) in [6, 6.07) is 20.0. The number of fused-ring (bicyclic) bond motifs is 3. The molecule has 0 spiro atoms. The van der Waals surface area contributed by atoms with E-state index in [1.165, 1.54) is 23.1 Å². The van der Waals surface area contributed by atoms with E-state index in [2.05, 4.69) is 17.4 Å². The Hall–Kier alpha value is -4.20. The van der Waals surface area contributed by atoms with Crippen molar-refractivity contribution in [2.75, 3.05) is 13.2 Å². The van der Waals surface area contributed by atoms with Crippen LogP contribution in [0.25, 0.3) is 11.1 Å². The smallest absolute Gasteiger partial charge is 0.410 e. The van der Waals surface area contributed by atoms with Crippen LogP contribution in [0.15, 0.2) is 72.8 Å². The van der Waals surface area contributed by atoms with Crippen LogP contribution in [0.2, 0.25) is 0 Å². The lowest BCUT2D eigenvalue weighted by atomic mass is 9.98. The van der Waals surface area contributed by atoms with Gasteiger partial charge < -0.3 is 14.8 Å². The Morgan fingerprint density at radius 3 is 2.21 bits per heavy atom. The molecular formula is C31H31FN2O5. The van der Waals surface area contributed by atoms with Crippen LogP contribution >= 0.6 is 0 Å². The van der Waals surface area contributed by atoms with Gasteiger partial charge in [-0.2, -0.15) is 0 Å². The lowest BCUT2D eigenvalue weighted by molar-refractivity contribution is 0.0219. The molecule has 0 radical (unpaired) electrons. The van der Waals surface area contributed by atoms with Crippen molar-refractivity contribution in [2.45, 2.75) is 50.8 Å². The first-order valence-electron chi connectivity index (χ1n) is 13.0. The van der Waals surface area contributed by atoms with E-state index in [4.69, 9.17) is 9.47 Å². The summed E-state index contributed by atoms with van der Waals surface area (Å²) in [6.07, 6.45) is -1.15. The van der Waals surface area contributed by atoms with E-state index in [0.29, 0.717) is 0 Å². The quantitative estimate of drug-likeness (QED) is 0.414. The Balaban J connectivity index is 1.28. The second-order valence-corrected chi connectivity index (χ2v) is 10.9. The lowest BCUT2D eigenvalue weighted by Gasteiger charge is -2.28. The number of halogens is 1. The summed E-state index contributed by atoms with van der Waals surface area (Å²) in [5, 5.41) is 2.81. The molecule has 202 valence electrons. The largest absolute Gasteiger partial charge is 0.449 e. The molecule has 0 aromatic heterocycles. The first kappa shape index (κ1) is 26.4. The van der Waals surface area contributed by atoms with Gasteiger partial charge in [-0.3, -0.25) is 9.69 Å². The van der Waals surface area contributed by atoms with Crippen molar-refractivity contribution < 1.29 is 28.2 Å². The molecule has 8 heteroatoms. The van der Waals surface area contributed by atoms with Gasteiger partial charge in [0.1, 0.15) is 24.1 Å². The molecule has 39 heavy (non-hydrogen) atoms. The number of hydrogen-bond acceptors (Lipinski definition) is 5. The van der Waals surface area contributed by atoms with Crippen LogP contribution in [0.5, 0.6) is 0 Å². The van der Waals surface area contributed by atoms with Crippen molar-refractivity contribution in [3.63, 3.8) is 0 Å². The Morgan fingerprint density at radius 1 is 0.949 bits per heavy atom. The minimum Gasteiger partial charge on any atom is -0.449 e. The van der Waals surface area contributed by atoms with Crippen LogP contribution in [0.4, 0.5) is 14.0 Å². The fourth-order valence-electron chi connectivity index (χ4n) is 5.35. The molecule has 0 saturated carbocycles. The summed E-state index contributed by atoms with van der Waals surface area (Å²) < 4.78 is 25.0. The number of Topliss-reactive ketones (excluding diaryl/α,β-unsaturated/α-hetero) is 1. The van der Waals surface area contributed by atoms with Gasteiger partial charge in [-0.15, -0.1) is 0 Å². The van der Waals surface area contributed by atoms with E-state index >= 15 is 0 Å². The van der Waals surface area contributed by atoms with E-state index < -0.39 is 41.5 Å². The normalized spacial score (nSPS) is 18.3. The summed E-state index contributed by atoms with van der Waals surface area (Å²) in [6.45, 7) is 5.41. The van der Waals surface area contributed by atoms with E-state index in [0.717, 1.165) is 28.3 Å². The third kappa shape index (κ3) is 5.65. The standard InChI is InChI=1S/C31H31FN2O5/c1-31(2,3)39-30(37)34-17-21(16-27(34)28(35)19-9-8-10-20(32)15-19)33-29(36)38-18-26-24-13-6-4-11-22(24)23-12-5-7-14-25(23)26/h4-15,21,26-27H,16-18H2,1-3H3,(H,33,36)/t21-,27+/m1/s1. The Labute approximate surface area is 226 Å². The fourth-order valence-corrected chi connectivity index (χ4v) is 5.35. The Morgan fingerprint density at radius 2 is 1.59 bits per heavy atom. The molecule has 2 atom stereocenters. The third-order valence-electron chi connectivity index (χ3n) is 7.01. The summed E-state index contributed by atoms with van der Waals surface area (Å²) in [7, 11) is 0. The number of carbonyl (C=O) groups is 3. The van der Waals surface area contributed by atoms with Gasteiger partial charge in [0, 0.05) is 18.0 Å². The first-order valence-corrected chi connectivity index (χ1v) is 13.0. The third-order valence-corrected chi connectivity index (χ3v) is 7.01. The van der Waals surface area contributed by atoms with Gasteiger partial charge in [0.25, 0.3) is 0 Å². The molecule has 2 aliphatic rings. The lowest BCUT2D eigenvalue weighted by Crippen LogP contribution is -2.44. The molecule has 1 fully saturated rings. The SMILES string of the molecule is CC(C)(C)OC(=O)N1C[C@H](NC(=O)OCC2c3ccccc3-c3ccccc32)C[C@H]1C(=O)c1cccc(F)c1. The maximum atomic E-state index is 13.8. The highest BCUT2D eigenvalue weighted by molar-refractivity contribution is 6.02. The van der Waals surface area contributed by atoms with Gasteiger partial charge in [-0.1, -0.05) is 60.7 Å². The van der Waals surface area contributed by atoms with E-state index in [9.17, 15) is 18.8 Å². The first-order chi connectivity index (χ1) is 18.6. The predicted molar refractivity (Wildman–Crippen MR) is 144 cm³/mol. The predicted octanol–water partition coefficient (Wildman–Crippen LogP) is 5.93. The number of ketones is 1. The number of benzene rings is 3. The van der Waals surface area contributed by atoms with Crippen LogP contribution in [-0.2, 0) is 9.47 Å². The second kappa shape index (κ2) is 10.5. The fraction of sp³-hybridized carbons (Fsp3) is 0.323. The molecule has 1 heterocycles. The molecular weight excluding hydrogens is 499 g/mol. The second-order valence-electron chi connectivity index (χ2n) is 10.9. The maximum Gasteiger partial charge on any atom is 0.410 e. The molecule has 3 aromatic carbocycles. The molecule has 0 bridgehead atoms. The van der Waals surface area contributed by atoms with Gasteiger partial charge in [-0.05, 0) is 61.6 Å². The average Bonchev–Trinajstić information content (AvgIpc) is 3.45. The van der Waals surface area contributed by atoms with Crippen LogP contribution in [0, 0.1) is 5.82 Å². The minimum atomic E-state index is -0.916. The zero-order valence-corrected chi connectivity index (χ0v) is 22.1. The number of likely N-dealkylation sites (tertiary alicyclic amines) is 1. The number of ether oxygens (including phenoxy) is 2. The van der Waals surface area contributed by atoms with E-state index in [-0.39, 0.29) is 31.1 Å². The molecule has 5 rings (SSSR count). The highest BCUT2D eigenvalue weighted by Gasteiger charge is 2.42. The van der Waals surface area contributed by atoms with Crippen LogP contribution in [-0.4, -0.2) is 53.7 Å². The van der Waals surface area contributed by atoms with Crippen molar-refractivity contribution in [2.24, 2.45) is 0 Å². The van der Waals surface area contributed by atoms with Gasteiger partial charge in [0.05, 0.1) is 6.04 Å². The van der Waals surface area contributed by atoms with Crippen molar-refractivity contribution in [3.8, 4) is 11.1 Å². The molecule has 1 aliphatic heterocycles. The van der Waals surface area contributed by atoms with Crippen molar-refractivity contribution >= 4 is 18.0 Å². The molecule has 0 unspecified atom stereocenters. The van der Waals surface area contributed by atoms with Crippen molar-refractivity contribution in [1.29, 1.82) is 0 Å². The number of amides is 2. The topological polar surface area (TPSA) is 84.9 Å². The Kier molecular flexibility index (Phi) is 7.12. The van der Waals surface area contributed by atoms with Gasteiger partial charge in [0.15, 0.2) is 5.78 Å². The molecule has 7 nitrogen and oxygen atoms in total. The van der Waals surface area contributed by atoms with E-state index in [1.807, 2.05) is 36.4 Å².